The summed E-state index contributed by atoms with van der Waals surface area (Å²) in [5, 5.41) is 11.0. The van der Waals surface area contributed by atoms with Gasteiger partial charge in [0.1, 0.15) is 11.6 Å². The van der Waals surface area contributed by atoms with E-state index in [9.17, 15) is 9.18 Å². The number of halogens is 1. The average molecular weight is 397 g/mol. The van der Waals surface area contributed by atoms with Gasteiger partial charge in [-0.15, -0.1) is 0 Å². The Morgan fingerprint density at radius 2 is 2.00 bits per heavy atom. The van der Waals surface area contributed by atoms with Crippen molar-refractivity contribution in [1.82, 2.24) is 25.5 Å². The van der Waals surface area contributed by atoms with Gasteiger partial charge in [-0.1, -0.05) is 11.8 Å². The number of aromatic amines is 1. The Bertz CT molecular complexity index is 1140. The van der Waals surface area contributed by atoms with Crippen molar-refractivity contribution in [2.45, 2.75) is 18.2 Å². The summed E-state index contributed by atoms with van der Waals surface area (Å²) in [6.45, 7) is 1.81. The molecule has 4 aromatic rings. The molecule has 0 aliphatic heterocycles. The SMILES string of the molecule is CSc1ncc([C@H](C)NC(=O)c2cnc(-c3ccc(F)cc3)c3[nH]ncc23)o1. The second-order valence-corrected chi connectivity index (χ2v) is 6.87. The van der Waals surface area contributed by atoms with Gasteiger partial charge in [0.15, 0.2) is 0 Å². The number of hydrogen-bond acceptors (Lipinski definition) is 6. The number of carbonyl (C=O) groups is 1. The van der Waals surface area contributed by atoms with Crippen molar-refractivity contribution in [2.75, 3.05) is 6.26 Å². The quantitative estimate of drug-likeness (QED) is 0.495. The van der Waals surface area contributed by atoms with Crippen molar-refractivity contribution >= 4 is 28.6 Å². The second-order valence-electron chi connectivity index (χ2n) is 6.11. The van der Waals surface area contributed by atoms with Gasteiger partial charge < -0.3 is 9.73 Å². The van der Waals surface area contributed by atoms with Crippen LogP contribution < -0.4 is 5.32 Å². The number of rotatable bonds is 5. The molecule has 1 aromatic carbocycles. The number of nitrogens with zero attached hydrogens (tertiary/aromatic N) is 3. The summed E-state index contributed by atoms with van der Waals surface area (Å²) >= 11 is 1.39. The number of benzene rings is 1. The first-order valence-electron chi connectivity index (χ1n) is 8.45. The summed E-state index contributed by atoms with van der Waals surface area (Å²) < 4.78 is 18.8. The van der Waals surface area contributed by atoms with Crippen LogP contribution in [-0.4, -0.2) is 32.3 Å². The highest BCUT2D eigenvalue weighted by Gasteiger charge is 2.20. The largest absolute Gasteiger partial charge is 0.434 e. The summed E-state index contributed by atoms with van der Waals surface area (Å²) in [4.78, 5) is 21.3. The van der Waals surface area contributed by atoms with Crippen LogP contribution in [0.15, 0.2) is 52.5 Å². The van der Waals surface area contributed by atoms with E-state index in [1.165, 1.54) is 30.1 Å². The fraction of sp³-hybridized carbons (Fsp3) is 0.158. The molecule has 0 fully saturated rings. The minimum absolute atomic E-state index is 0.306. The first kappa shape index (κ1) is 18.2. The lowest BCUT2D eigenvalue weighted by atomic mass is 10.1. The number of nitrogens with one attached hydrogen (secondary N) is 2. The average Bonchev–Trinajstić information content (AvgIpc) is 3.37. The van der Waals surface area contributed by atoms with Gasteiger partial charge in [-0.05, 0) is 37.4 Å². The van der Waals surface area contributed by atoms with Crippen molar-refractivity contribution in [3.8, 4) is 11.3 Å². The van der Waals surface area contributed by atoms with Crippen LogP contribution in [0.3, 0.4) is 0 Å². The molecule has 0 aliphatic rings. The maximum Gasteiger partial charge on any atom is 0.255 e. The predicted octanol–water partition coefficient (Wildman–Crippen LogP) is 3.96. The van der Waals surface area contributed by atoms with Crippen LogP contribution in [0.5, 0.6) is 0 Å². The van der Waals surface area contributed by atoms with Gasteiger partial charge in [0.05, 0.1) is 35.2 Å². The first-order valence-corrected chi connectivity index (χ1v) is 9.68. The lowest BCUT2D eigenvalue weighted by Crippen LogP contribution is -2.26. The van der Waals surface area contributed by atoms with Crippen molar-refractivity contribution in [3.63, 3.8) is 0 Å². The number of hydrogen-bond donors (Lipinski definition) is 2. The minimum atomic E-state index is -0.361. The summed E-state index contributed by atoms with van der Waals surface area (Å²) in [5.74, 6) is -0.0668. The van der Waals surface area contributed by atoms with E-state index in [-0.39, 0.29) is 17.8 Å². The molecule has 9 heteroatoms. The number of fused-ring (bicyclic) bond motifs is 1. The predicted molar refractivity (Wildman–Crippen MR) is 103 cm³/mol. The van der Waals surface area contributed by atoms with Crippen LogP contribution in [0.2, 0.25) is 0 Å². The van der Waals surface area contributed by atoms with Crippen LogP contribution in [0, 0.1) is 5.82 Å². The monoisotopic (exact) mass is 397 g/mol. The van der Waals surface area contributed by atoms with Gasteiger partial charge in [-0.3, -0.25) is 14.9 Å². The third-order valence-corrected chi connectivity index (χ3v) is 4.84. The van der Waals surface area contributed by atoms with E-state index >= 15 is 0 Å². The number of H-pyrrole nitrogens is 1. The van der Waals surface area contributed by atoms with Gasteiger partial charge in [0.25, 0.3) is 11.1 Å². The topological polar surface area (TPSA) is 96.7 Å². The number of thioether (sulfide) groups is 1. The molecule has 1 amide bonds. The Balaban J connectivity index is 1.64. The zero-order chi connectivity index (χ0) is 19.7. The highest BCUT2D eigenvalue weighted by atomic mass is 32.2. The third-order valence-electron chi connectivity index (χ3n) is 4.30. The number of amides is 1. The van der Waals surface area contributed by atoms with Gasteiger partial charge in [-0.2, -0.15) is 5.10 Å². The molecule has 0 saturated carbocycles. The summed E-state index contributed by atoms with van der Waals surface area (Å²) in [6, 6.07) is 5.63. The van der Waals surface area contributed by atoms with Crippen LogP contribution in [0.1, 0.15) is 29.1 Å². The molecule has 0 saturated heterocycles. The van der Waals surface area contributed by atoms with Crippen molar-refractivity contribution < 1.29 is 13.6 Å². The molecule has 4 rings (SSSR count). The summed E-state index contributed by atoms with van der Waals surface area (Å²) in [5.41, 5.74) is 2.31. The van der Waals surface area contributed by atoms with Gasteiger partial charge in [-0.25, -0.2) is 9.37 Å². The molecule has 28 heavy (non-hydrogen) atoms. The third kappa shape index (κ3) is 3.36. The second kappa shape index (κ2) is 7.43. The molecular weight excluding hydrogens is 381 g/mol. The molecule has 1 atom stereocenters. The van der Waals surface area contributed by atoms with Crippen LogP contribution in [0.25, 0.3) is 22.2 Å². The highest BCUT2D eigenvalue weighted by molar-refractivity contribution is 7.98. The van der Waals surface area contributed by atoms with Crippen LogP contribution in [0.4, 0.5) is 4.39 Å². The highest BCUT2D eigenvalue weighted by Crippen LogP contribution is 2.28. The molecule has 3 heterocycles. The first-order chi connectivity index (χ1) is 13.6. The van der Waals surface area contributed by atoms with E-state index in [4.69, 9.17) is 4.42 Å². The Morgan fingerprint density at radius 3 is 2.71 bits per heavy atom. The lowest BCUT2D eigenvalue weighted by Gasteiger charge is -2.12. The molecule has 0 unspecified atom stereocenters. The van der Waals surface area contributed by atoms with E-state index < -0.39 is 0 Å². The molecule has 2 N–H and O–H groups in total. The Hall–Kier alpha value is -3.20. The zero-order valence-corrected chi connectivity index (χ0v) is 15.9. The maximum atomic E-state index is 13.2. The van der Waals surface area contributed by atoms with Gasteiger partial charge in [0.2, 0.25) is 0 Å². The fourth-order valence-corrected chi connectivity index (χ4v) is 3.19. The number of oxazole rings is 1. The van der Waals surface area contributed by atoms with Crippen molar-refractivity contribution in [3.05, 3.63) is 60.0 Å². The Kier molecular flexibility index (Phi) is 4.82. The number of pyridine rings is 1. The van der Waals surface area contributed by atoms with E-state index in [1.54, 1.807) is 24.5 Å². The Morgan fingerprint density at radius 1 is 1.21 bits per heavy atom. The van der Waals surface area contributed by atoms with Gasteiger partial charge >= 0.3 is 0 Å². The molecule has 0 bridgehead atoms. The van der Waals surface area contributed by atoms with Crippen LogP contribution in [-0.2, 0) is 0 Å². The Labute approximate surface area is 163 Å². The molecule has 0 radical (unpaired) electrons. The minimum Gasteiger partial charge on any atom is -0.434 e. The van der Waals surface area contributed by atoms with Crippen molar-refractivity contribution in [2.24, 2.45) is 0 Å². The maximum absolute atomic E-state index is 13.2. The van der Waals surface area contributed by atoms with Crippen molar-refractivity contribution in [1.29, 1.82) is 0 Å². The molecule has 0 spiro atoms. The molecule has 7 nitrogen and oxygen atoms in total. The number of aromatic nitrogens is 4. The zero-order valence-electron chi connectivity index (χ0n) is 15.1. The van der Waals surface area contributed by atoms with Crippen LogP contribution >= 0.6 is 11.8 Å². The smallest absolute Gasteiger partial charge is 0.255 e. The van der Waals surface area contributed by atoms with E-state index in [2.05, 4.69) is 25.5 Å². The normalized spacial score (nSPS) is 12.2. The van der Waals surface area contributed by atoms with E-state index in [0.717, 1.165) is 5.56 Å². The number of carbonyl (C=O) groups excluding carboxylic acids is 1. The van der Waals surface area contributed by atoms with E-state index in [0.29, 0.717) is 33.1 Å². The fourth-order valence-electron chi connectivity index (χ4n) is 2.85. The molecule has 0 aliphatic carbocycles. The van der Waals surface area contributed by atoms with Gasteiger partial charge in [0, 0.05) is 17.1 Å². The van der Waals surface area contributed by atoms with E-state index in [1.807, 2.05) is 13.2 Å². The standard InChI is InChI=1S/C19H16FN5O2S/c1-10(15-9-22-19(27-15)28-2)24-18(26)14-7-21-16(17-13(14)8-23-25-17)11-3-5-12(20)6-4-11/h3-10H,1-2H3,(H,23,25)(H,24,26)/t10-/m0/s1. The summed E-state index contributed by atoms with van der Waals surface area (Å²) in [7, 11) is 0. The lowest BCUT2D eigenvalue weighted by molar-refractivity contribution is 0.0936. The molecule has 3 aromatic heterocycles. The molecule has 142 valence electrons. The molecular formula is C19H16FN5O2S. The summed E-state index contributed by atoms with van der Waals surface area (Å²) in [6.07, 6.45) is 6.53.